The number of rotatable bonds is 4. The summed E-state index contributed by atoms with van der Waals surface area (Å²) in [6.45, 7) is 2.60. The molecule has 0 radical (unpaired) electrons. The summed E-state index contributed by atoms with van der Waals surface area (Å²) in [5.41, 5.74) is 0.922. The van der Waals surface area contributed by atoms with Gasteiger partial charge in [0.1, 0.15) is 6.61 Å². The molecule has 4 heteroatoms. The maximum atomic E-state index is 11.8. The molecule has 4 nitrogen and oxygen atoms in total. The van der Waals surface area contributed by atoms with Crippen LogP contribution >= 0.6 is 0 Å². The Bertz CT molecular complexity index is 390. The standard InChI is InChI=1S/C14H18O4/c1-2-11-9-17-13(12(11)15)14(16)18-8-10-6-4-3-5-7-10/h3-7,11-13,15H,2,8-9H2,1H3/t11-,12-,13-/m1/s1. The molecule has 0 unspecified atom stereocenters. The van der Waals surface area contributed by atoms with Gasteiger partial charge in [-0.2, -0.15) is 0 Å². The molecule has 1 aromatic carbocycles. The lowest BCUT2D eigenvalue weighted by atomic mass is 9.99. The van der Waals surface area contributed by atoms with Crippen molar-refractivity contribution in [2.75, 3.05) is 6.61 Å². The zero-order valence-corrected chi connectivity index (χ0v) is 10.4. The zero-order chi connectivity index (χ0) is 13.0. The van der Waals surface area contributed by atoms with Crippen molar-refractivity contribution < 1.29 is 19.4 Å². The van der Waals surface area contributed by atoms with Crippen molar-refractivity contribution in [1.82, 2.24) is 0 Å². The quantitative estimate of drug-likeness (QED) is 0.823. The summed E-state index contributed by atoms with van der Waals surface area (Å²) in [6.07, 6.45) is -0.791. The predicted octanol–water partition coefficient (Wildman–Crippen LogP) is 1.52. The van der Waals surface area contributed by atoms with Crippen molar-refractivity contribution in [2.45, 2.75) is 32.2 Å². The molecule has 18 heavy (non-hydrogen) atoms. The van der Waals surface area contributed by atoms with Crippen LogP contribution in [0.1, 0.15) is 18.9 Å². The lowest BCUT2D eigenvalue weighted by Crippen LogP contribution is -2.34. The molecule has 0 saturated carbocycles. The van der Waals surface area contributed by atoms with Crippen LogP contribution in [0.3, 0.4) is 0 Å². The van der Waals surface area contributed by atoms with Gasteiger partial charge in [-0.3, -0.25) is 0 Å². The molecule has 0 aliphatic carbocycles. The smallest absolute Gasteiger partial charge is 0.338 e. The Hall–Kier alpha value is -1.39. The van der Waals surface area contributed by atoms with Crippen LogP contribution in [-0.2, 0) is 20.9 Å². The number of hydrogen-bond donors (Lipinski definition) is 1. The van der Waals surface area contributed by atoms with E-state index in [4.69, 9.17) is 9.47 Å². The summed E-state index contributed by atoms with van der Waals surface area (Å²) in [5.74, 6) is -0.457. The third-order valence-electron chi connectivity index (χ3n) is 3.26. The highest BCUT2D eigenvalue weighted by molar-refractivity contribution is 5.75. The highest BCUT2D eigenvalue weighted by atomic mass is 16.6. The van der Waals surface area contributed by atoms with Crippen LogP contribution < -0.4 is 0 Å². The average Bonchev–Trinajstić information content (AvgIpc) is 2.78. The van der Waals surface area contributed by atoms with Crippen molar-refractivity contribution in [3.63, 3.8) is 0 Å². The first-order chi connectivity index (χ1) is 8.72. The fourth-order valence-electron chi connectivity index (χ4n) is 2.05. The number of carbonyl (C=O) groups is 1. The molecule has 1 fully saturated rings. The maximum absolute atomic E-state index is 11.8. The number of aliphatic hydroxyl groups excluding tert-OH is 1. The van der Waals surface area contributed by atoms with Crippen molar-refractivity contribution in [3.8, 4) is 0 Å². The highest BCUT2D eigenvalue weighted by Crippen LogP contribution is 2.24. The second kappa shape index (κ2) is 5.98. The monoisotopic (exact) mass is 250 g/mol. The van der Waals surface area contributed by atoms with Gasteiger partial charge in [0, 0.05) is 5.92 Å². The normalized spacial score (nSPS) is 27.1. The Morgan fingerprint density at radius 2 is 2.17 bits per heavy atom. The maximum Gasteiger partial charge on any atom is 0.338 e. The topological polar surface area (TPSA) is 55.8 Å². The van der Waals surface area contributed by atoms with E-state index in [0.717, 1.165) is 12.0 Å². The number of esters is 1. The van der Waals surface area contributed by atoms with Gasteiger partial charge in [0.05, 0.1) is 12.7 Å². The summed E-state index contributed by atoms with van der Waals surface area (Å²) >= 11 is 0. The van der Waals surface area contributed by atoms with Crippen LogP contribution in [0.25, 0.3) is 0 Å². The van der Waals surface area contributed by atoms with Crippen LogP contribution in [0.4, 0.5) is 0 Å². The van der Waals surface area contributed by atoms with Gasteiger partial charge in [-0.15, -0.1) is 0 Å². The van der Waals surface area contributed by atoms with Crippen LogP contribution in [0.2, 0.25) is 0 Å². The van der Waals surface area contributed by atoms with Crippen LogP contribution in [-0.4, -0.2) is 29.9 Å². The van der Waals surface area contributed by atoms with Crippen molar-refractivity contribution >= 4 is 5.97 Å². The molecule has 3 atom stereocenters. The third kappa shape index (κ3) is 2.89. The van der Waals surface area contributed by atoms with Crippen molar-refractivity contribution in [2.24, 2.45) is 5.92 Å². The number of ether oxygens (including phenoxy) is 2. The molecule has 1 aromatic rings. The van der Waals surface area contributed by atoms with Gasteiger partial charge in [-0.1, -0.05) is 37.3 Å². The first kappa shape index (κ1) is 13.1. The van der Waals surface area contributed by atoms with Gasteiger partial charge in [0.15, 0.2) is 6.10 Å². The molecular formula is C14H18O4. The zero-order valence-electron chi connectivity index (χ0n) is 10.4. The molecule has 1 heterocycles. The van der Waals surface area contributed by atoms with E-state index in [1.165, 1.54) is 0 Å². The number of benzene rings is 1. The number of aliphatic hydroxyl groups is 1. The van der Waals surface area contributed by atoms with Gasteiger partial charge in [-0.05, 0) is 12.0 Å². The number of hydrogen-bond acceptors (Lipinski definition) is 4. The minimum atomic E-state index is -0.835. The second-order valence-corrected chi connectivity index (χ2v) is 4.51. The van der Waals surface area contributed by atoms with Gasteiger partial charge >= 0.3 is 5.97 Å². The molecule has 0 spiro atoms. The first-order valence-corrected chi connectivity index (χ1v) is 6.22. The summed E-state index contributed by atoms with van der Waals surface area (Å²) in [6, 6.07) is 9.44. The molecule has 0 amide bonds. The molecule has 98 valence electrons. The largest absolute Gasteiger partial charge is 0.459 e. The van der Waals surface area contributed by atoms with Crippen LogP contribution in [0, 0.1) is 5.92 Å². The van der Waals surface area contributed by atoms with Crippen molar-refractivity contribution in [3.05, 3.63) is 35.9 Å². The minimum absolute atomic E-state index is 0.0271. The van der Waals surface area contributed by atoms with E-state index < -0.39 is 18.2 Å². The summed E-state index contributed by atoms with van der Waals surface area (Å²) < 4.78 is 10.4. The van der Waals surface area contributed by atoms with E-state index in [0.29, 0.717) is 6.61 Å². The van der Waals surface area contributed by atoms with Crippen LogP contribution in [0.15, 0.2) is 30.3 Å². The Morgan fingerprint density at radius 1 is 1.44 bits per heavy atom. The molecule has 2 rings (SSSR count). The van der Waals surface area contributed by atoms with E-state index in [2.05, 4.69) is 0 Å². The predicted molar refractivity (Wildman–Crippen MR) is 65.8 cm³/mol. The lowest BCUT2D eigenvalue weighted by Gasteiger charge is -2.15. The van der Waals surface area contributed by atoms with E-state index in [1.807, 2.05) is 37.3 Å². The Balaban J connectivity index is 1.86. The van der Waals surface area contributed by atoms with E-state index in [9.17, 15) is 9.90 Å². The lowest BCUT2D eigenvalue weighted by molar-refractivity contribution is -0.159. The summed E-state index contributed by atoms with van der Waals surface area (Å²) in [4.78, 5) is 11.8. The SMILES string of the molecule is CC[C@@H]1CO[C@@H](C(=O)OCc2ccccc2)[C@@H]1O. The fourth-order valence-corrected chi connectivity index (χ4v) is 2.05. The number of carbonyl (C=O) groups excluding carboxylic acids is 1. The molecule has 1 aliphatic rings. The fraction of sp³-hybridized carbons (Fsp3) is 0.500. The highest BCUT2D eigenvalue weighted by Gasteiger charge is 2.40. The summed E-state index contributed by atoms with van der Waals surface area (Å²) in [7, 11) is 0. The van der Waals surface area contributed by atoms with Gasteiger partial charge < -0.3 is 14.6 Å². The molecule has 1 aliphatic heterocycles. The first-order valence-electron chi connectivity index (χ1n) is 6.22. The van der Waals surface area contributed by atoms with E-state index in [1.54, 1.807) is 0 Å². The average molecular weight is 250 g/mol. The van der Waals surface area contributed by atoms with E-state index >= 15 is 0 Å². The molecular weight excluding hydrogens is 232 g/mol. The Morgan fingerprint density at radius 3 is 2.78 bits per heavy atom. The minimum Gasteiger partial charge on any atom is -0.459 e. The van der Waals surface area contributed by atoms with Crippen LogP contribution in [0.5, 0.6) is 0 Å². The Kier molecular flexibility index (Phi) is 4.33. The van der Waals surface area contributed by atoms with Crippen molar-refractivity contribution in [1.29, 1.82) is 0 Å². The second-order valence-electron chi connectivity index (χ2n) is 4.51. The van der Waals surface area contributed by atoms with E-state index in [-0.39, 0.29) is 12.5 Å². The van der Waals surface area contributed by atoms with Gasteiger partial charge in [-0.25, -0.2) is 4.79 Å². The summed E-state index contributed by atoms with van der Waals surface area (Å²) in [5, 5.41) is 9.89. The van der Waals surface area contributed by atoms with Gasteiger partial charge in [0.2, 0.25) is 0 Å². The molecule has 1 N–H and O–H groups in total. The molecule has 1 saturated heterocycles. The Labute approximate surface area is 107 Å². The third-order valence-corrected chi connectivity index (χ3v) is 3.26. The van der Waals surface area contributed by atoms with Gasteiger partial charge in [0.25, 0.3) is 0 Å². The molecule has 0 aromatic heterocycles. The molecule has 0 bridgehead atoms.